The van der Waals surface area contributed by atoms with Crippen LogP contribution in [0.25, 0.3) is 86.3 Å². The van der Waals surface area contributed by atoms with Gasteiger partial charge in [-0.2, -0.15) is 0 Å². The van der Waals surface area contributed by atoms with E-state index in [2.05, 4.69) is 169 Å². The molecule has 48 heavy (non-hydrogen) atoms. The molecule has 0 atom stereocenters. The lowest BCUT2D eigenvalue weighted by Crippen LogP contribution is -2.20. The van der Waals surface area contributed by atoms with Crippen molar-refractivity contribution in [3.63, 3.8) is 0 Å². The quantitative estimate of drug-likeness (QED) is 0.158. The monoisotopic (exact) mass is 630 g/mol. The van der Waals surface area contributed by atoms with Crippen molar-refractivity contribution in [3.05, 3.63) is 157 Å². The van der Waals surface area contributed by atoms with Crippen LogP contribution in [0.5, 0.6) is 0 Å². The Morgan fingerprint density at radius 1 is 0.479 bits per heavy atom. The Bertz CT molecular complexity index is 2980. The summed E-state index contributed by atoms with van der Waals surface area (Å²) in [5, 5.41) is 7.73. The SMILES string of the molecule is CC1(C)c2cccc(c2)-c2cccc3c2sc2c(cccc23)-n2c3ccccc3c3cc(ccc32)-n2c3ccccc3c3cccc1c32. The van der Waals surface area contributed by atoms with Crippen LogP contribution in [0.2, 0.25) is 0 Å². The Labute approximate surface area is 281 Å². The van der Waals surface area contributed by atoms with Gasteiger partial charge in [0.05, 0.1) is 32.5 Å². The van der Waals surface area contributed by atoms with Crippen LogP contribution < -0.4 is 0 Å². The number of fused-ring (bicyclic) bond motifs is 5. The predicted octanol–water partition coefficient (Wildman–Crippen LogP) is 12.6. The van der Waals surface area contributed by atoms with Gasteiger partial charge in [0.2, 0.25) is 0 Å². The van der Waals surface area contributed by atoms with E-state index < -0.39 is 0 Å². The fraction of sp³-hybridized carbons (Fsp3) is 0.0667. The molecule has 10 aromatic rings. The molecule has 226 valence electrons. The Kier molecular flexibility index (Phi) is 5.09. The van der Waals surface area contributed by atoms with Gasteiger partial charge in [-0.15, -0.1) is 11.3 Å². The second-order valence-corrected chi connectivity index (χ2v) is 14.8. The molecule has 0 unspecified atom stereocenters. The molecule has 2 nitrogen and oxygen atoms in total. The summed E-state index contributed by atoms with van der Waals surface area (Å²) in [7, 11) is 0. The lowest BCUT2D eigenvalue weighted by atomic mass is 9.76. The fourth-order valence-corrected chi connectivity index (χ4v) is 9.93. The van der Waals surface area contributed by atoms with E-state index in [1.54, 1.807) is 0 Å². The average molecular weight is 631 g/mol. The van der Waals surface area contributed by atoms with Gasteiger partial charge in [0.15, 0.2) is 0 Å². The lowest BCUT2D eigenvalue weighted by Gasteiger charge is -2.28. The summed E-state index contributed by atoms with van der Waals surface area (Å²) in [6.07, 6.45) is 0. The summed E-state index contributed by atoms with van der Waals surface area (Å²) in [6, 6.07) is 54.7. The molecule has 0 fully saturated rings. The molecule has 12 rings (SSSR count). The first-order valence-corrected chi connectivity index (χ1v) is 17.5. The molecular formula is C45H30N2S. The second-order valence-electron chi connectivity index (χ2n) is 13.8. The number of thiophene rings is 1. The molecule has 7 aromatic carbocycles. The van der Waals surface area contributed by atoms with Gasteiger partial charge < -0.3 is 9.13 Å². The van der Waals surface area contributed by atoms with E-state index in [0.717, 1.165) is 0 Å². The normalized spacial score (nSPS) is 13.8. The maximum absolute atomic E-state index is 2.52. The highest BCUT2D eigenvalue weighted by Gasteiger charge is 2.29. The van der Waals surface area contributed by atoms with Crippen molar-refractivity contribution in [2.75, 3.05) is 0 Å². The fourth-order valence-electron chi connectivity index (χ4n) is 8.59. The third-order valence-electron chi connectivity index (χ3n) is 10.9. The minimum Gasteiger partial charge on any atom is -0.309 e. The minimum atomic E-state index is -0.267. The zero-order valence-corrected chi connectivity index (χ0v) is 27.5. The van der Waals surface area contributed by atoms with E-state index in [0.29, 0.717) is 0 Å². The van der Waals surface area contributed by atoms with Gasteiger partial charge in [-0.05, 0) is 58.7 Å². The molecule has 0 aliphatic carbocycles. The Morgan fingerprint density at radius 3 is 1.98 bits per heavy atom. The molecule has 0 N–H and O–H groups in total. The first-order valence-electron chi connectivity index (χ1n) is 16.7. The Balaban J connectivity index is 1.39. The second kappa shape index (κ2) is 9.25. The van der Waals surface area contributed by atoms with Crippen LogP contribution in [0.3, 0.4) is 0 Å². The van der Waals surface area contributed by atoms with Gasteiger partial charge in [0, 0.05) is 48.1 Å². The molecule has 5 heterocycles. The number of hydrogen-bond acceptors (Lipinski definition) is 1. The molecule has 3 aromatic heterocycles. The van der Waals surface area contributed by atoms with Crippen LogP contribution in [0.4, 0.5) is 0 Å². The van der Waals surface area contributed by atoms with Gasteiger partial charge in [-0.3, -0.25) is 0 Å². The molecular weight excluding hydrogens is 601 g/mol. The number of benzene rings is 7. The van der Waals surface area contributed by atoms with Gasteiger partial charge in [-0.1, -0.05) is 123 Å². The molecule has 2 aliphatic heterocycles. The maximum atomic E-state index is 2.52. The minimum absolute atomic E-state index is 0.267. The van der Waals surface area contributed by atoms with Crippen molar-refractivity contribution in [3.8, 4) is 22.5 Å². The van der Waals surface area contributed by atoms with Crippen molar-refractivity contribution < 1.29 is 0 Å². The van der Waals surface area contributed by atoms with Crippen molar-refractivity contribution in [1.29, 1.82) is 0 Å². The standard InChI is InChI=1S/C45H30N2S/c1-45(2)28-12-7-11-27(25-28)30-15-8-17-34-35-18-10-22-41(44(35)48-43(30)34)47-39-21-6-4-14-32(39)36-26-29(23-24-40(36)47)46-38-20-5-3-13-31(38)33-16-9-19-37(45)42(33)46/h3-26H,1-2H3. The Hall–Kier alpha value is -5.64. The van der Waals surface area contributed by atoms with Crippen LogP contribution in [-0.2, 0) is 5.41 Å². The first-order chi connectivity index (χ1) is 23.6. The number of para-hydroxylation sites is 3. The average Bonchev–Trinajstić information content (AvgIpc) is 3.79. The number of rotatable bonds is 0. The summed E-state index contributed by atoms with van der Waals surface area (Å²) in [4.78, 5) is 0. The maximum Gasteiger partial charge on any atom is 0.0640 e. The van der Waals surface area contributed by atoms with Gasteiger partial charge in [0.1, 0.15) is 0 Å². The summed E-state index contributed by atoms with van der Waals surface area (Å²) in [5.74, 6) is 0. The summed E-state index contributed by atoms with van der Waals surface area (Å²) in [6.45, 7) is 4.78. The third kappa shape index (κ3) is 3.31. The van der Waals surface area contributed by atoms with Gasteiger partial charge >= 0.3 is 0 Å². The largest absolute Gasteiger partial charge is 0.309 e. The summed E-state index contributed by atoms with van der Waals surface area (Å²) < 4.78 is 7.66. The molecule has 0 saturated carbocycles. The molecule has 0 saturated heterocycles. The van der Waals surface area contributed by atoms with Crippen LogP contribution in [0, 0.1) is 0 Å². The van der Waals surface area contributed by atoms with Crippen LogP contribution in [-0.4, -0.2) is 9.13 Å². The zero-order valence-electron chi connectivity index (χ0n) is 26.7. The van der Waals surface area contributed by atoms with Crippen molar-refractivity contribution >= 4 is 75.1 Å². The number of aromatic nitrogens is 2. The third-order valence-corrected chi connectivity index (χ3v) is 12.2. The zero-order chi connectivity index (χ0) is 31.7. The smallest absolute Gasteiger partial charge is 0.0640 e. The molecule has 0 amide bonds. The van der Waals surface area contributed by atoms with Crippen molar-refractivity contribution in [1.82, 2.24) is 9.13 Å². The predicted molar refractivity (Wildman–Crippen MR) is 206 cm³/mol. The van der Waals surface area contributed by atoms with Crippen LogP contribution in [0.15, 0.2) is 146 Å². The van der Waals surface area contributed by atoms with Gasteiger partial charge in [-0.25, -0.2) is 0 Å². The topological polar surface area (TPSA) is 9.86 Å². The van der Waals surface area contributed by atoms with E-state index in [1.165, 1.54) is 97.4 Å². The Morgan fingerprint density at radius 2 is 1.12 bits per heavy atom. The highest BCUT2D eigenvalue weighted by atomic mass is 32.1. The first kappa shape index (κ1) is 26.4. The molecule has 2 aliphatic rings. The molecule has 3 heteroatoms. The lowest BCUT2D eigenvalue weighted by molar-refractivity contribution is 0.645. The summed E-state index contributed by atoms with van der Waals surface area (Å²) >= 11 is 1.92. The van der Waals surface area contributed by atoms with Gasteiger partial charge in [0.25, 0.3) is 0 Å². The highest BCUT2D eigenvalue weighted by molar-refractivity contribution is 7.26. The van der Waals surface area contributed by atoms with Crippen molar-refractivity contribution in [2.45, 2.75) is 19.3 Å². The number of hydrogen-bond donors (Lipinski definition) is 0. The molecule has 0 spiro atoms. The van der Waals surface area contributed by atoms with Crippen LogP contribution in [0.1, 0.15) is 25.0 Å². The number of nitrogens with zero attached hydrogens (tertiary/aromatic N) is 2. The van der Waals surface area contributed by atoms with E-state index in [4.69, 9.17) is 0 Å². The van der Waals surface area contributed by atoms with E-state index in [9.17, 15) is 0 Å². The molecule has 8 bridgehead atoms. The summed E-state index contributed by atoms with van der Waals surface area (Å²) in [5.41, 5.74) is 12.3. The van der Waals surface area contributed by atoms with Crippen molar-refractivity contribution in [2.24, 2.45) is 0 Å². The van der Waals surface area contributed by atoms with Crippen LogP contribution >= 0.6 is 11.3 Å². The highest BCUT2D eigenvalue weighted by Crippen LogP contribution is 2.47. The molecule has 0 radical (unpaired) electrons. The van der Waals surface area contributed by atoms with E-state index in [1.807, 2.05) is 11.3 Å². The van der Waals surface area contributed by atoms with E-state index >= 15 is 0 Å². The van der Waals surface area contributed by atoms with E-state index in [-0.39, 0.29) is 5.41 Å².